The molecule has 17 heavy (non-hydrogen) atoms. The van der Waals surface area contributed by atoms with Gasteiger partial charge in [0.2, 0.25) is 0 Å². The lowest BCUT2D eigenvalue weighted by molar-refractivity contribution is -0.144. The van der Waals surface area contributed by atoms with Crippen LogP contribution in [0.25, 0.3) is 0 Å². The number of carboxylic acids is 1. The number of aliphatic carboxylic acids is 1. The van der Waals surface area contributed by atoms with Gasteiger partial charge >= 0.3 is 5.97 Å². The lowest BCUT2D eigenvalue weighted by Crippen LogP contribution is -2.23. The lowest BCUT2D eigenvalue weighted by Gasteiger charge is -2.09. The summed E-state index contributed by atoms with van der Waals surface area (Å²) >= 11 is 0. The van der Waals surface area contributed by atoms with Crippen LogP contribution in [0.4, 0.5) is 0 Å². The predicted molar refractivity (Wildman–Crippen MR) is 58.4 cm³/mol. The zero-order valence-corrected chi connectivity index (χ0v) is 10.1. The molecule has 1 N–H and O–H groups in total. The third-order valence-electron chi connectivity index (χ3n) is 1.97. The number of carboxylic acid groups (broad SMARTS) is 1. The molecule has 0 radical (unpaired) electrons. The van der Waals surface area contributed by atoms with Gasteiger partial charge in [-0.25, -0.2) is 4.79 Å². The summed E-state index contributed by atoms with van der Waals surface area (Å²) in [7, 11) is -2.62. The molecule has 0 heterocycles. The molecule has 7 heteroatoms. The standard InChI is InChI=1S/C10H12O6S/c1-7(10(11)12)16-17(13,14)9-5-3-8(15-2)4-6-9/h3-7H,1-2H3,(H,11,12). The zero-order valence-electron chi connectivity index (χ0n) is 9.28. The van der Waals surface area contributed by atoms with Crippen LogP contribution in [0.1, 0.15) is 6.92 Å². The van der Waals surface area contributed by atoms with Gasteiger partial charge in [-0.3, -0.25) is 4.18 Å². The first kappa shape index (κ1) is 13.5. The molecule has 0 fully saturated rings. The van der Waals surface area contributed by atoms with Gasteiger partial charge in [-0.15, -0.1) is 0 Å². The fourth-order valence-electron chi connectivity index (χ4n) is 1.03. The topological polar surface area (TPSA) is 89.9 Å². The number of methoxy groups -OCH3 is 1. The fourth-order valence-corrected chi connectivity index (χ4v) is 2.07. The molecule has 0 aromatic heterocycles. The summed E-state index contributed by atoms with van der Waals surface area (Å²) in [4.78, 5) is 10.4. The molecular formula is C10H12O6S. The zero-order chi connectivity index (χ0) is 13.1. The Hall–Kier alpha value is -1.60. The van der Waals surface area contributed by atoms with Crippen molar-refractivity contribution in [2.24, 2.45) is 0 Å². The number of ether oxygens (including phenoxy) is 1. The van der Waals surface area contributed by atoms with E-state index in [1.807, 2.05) is 0 Å². The van der Waals surface area contributed by atoms with Crippen molar-refractivity contribution in [2.75, 3.05) is 7.11 Å². The number of hydrogen-bond acceptors (Lipinski definition) is 5. The van der Waals surface area contributed by atoms with E-state index in [1.54, 1.807) is 0 Å². The molecule has 0 amide bonds. The molecule has 0 saturated heterocycles. The van der Waals surface area contributed by atoms with Crippen LogP contribution in [0.2, 0.25) is 0 Å². The van der Waals surface area contributed by atoms with E-state index in [0.717, 1.165) is 6.92 Å². The van der Waals surface area contributed by atoms with Crippen molar-refractivity contribution in [3.63, 3.8) is 0 Å². The van der Waals surface area contributed by atoms with Crippen LogP contribution < -0.4 is 4.74 Å². The minimum Gasteiger partial charge on any atom is -0.497 e. The van der Waals surface area contributed by atoms with Crippen LogP contribution in [-0.4, -0.2) is 32.7 Å². The Morgan fingerprint density at radius 2 is 1.82 bits per heavy atom. The molecule has 0 aliphatic heterocycles. The number of benzene rings is 1. The van der Waals surface area contributed by atoms with Crippen LogP contribution >= 0.6 is 0 Å². The van der Waals surface area contributed by atoms with Gasteiger partial charge in [0.1, 0.15) is 5.75 Å². The van der Waals surface area contributed by atoms with Gasteiger partial charge in [0.25, 0.3) is 10.1 Å². The molecule has 1 aromatic rings. The molecule has 0 bridgehead atoms. The van der Waals surface area contributed by atoms with Crippen LogP contribution in [0.5, 0.6) is 5.75 Å². The van der Waals surface area contributed by atoms with E-state index in [2.05, 4.69) is 4.18 Å². The fraction of sp³-hybridized carbons (Fsp3) is 0.300. The molecule has 0 spiro atoms. The third-order valence-corrected chi connectivity index (χ3v) is 3.36. The number of hydrogen-bond donors (Lipinski definition) is 1. The van der Waals surface area contributed by atoms with Gasteiger partial charge in [-0.05, 0) is 31.2 Å². The first-order valence-electron chi connectivity index (χ1n) is 4.67. The molecule has 1 unspecified atom stereocenters. The van der Waals surface area contributed by atoms with Crippen LogP contribution in [0.3, 0.4) is 0 Å². The Kier molecular flexibility index (Phi) is 4.08. The maximum Gasteiger partial charge on any atom is 0.334 e. The Bertz CT molecular complexity index is 490. The maximum absolute atomic E-state index is 11.6. The van der Waals surface area contributed by atoms with Crippen LogP contribution in [-0.2, 0) is 19.1 Å². The van der Waals surface area contributed by atoms with Crippen molar-refractivity contribution >= 4 is 16.1 Å². The first-order valence-corrected chi connectivity index (χ1v) is 6.08. The minimum absolute atomic E-state index is 0.119. The van der Waals surface area contributed by atoms with Gasteiger partial charge in [0.05, 0.1) is 12.0 Å². The average Bonchev–Trinajstić information content (AvgIpc) is 2.28. The van der Waals surface area contributed by atoms with Gasteiger partial charge in [-0.2, -0.15) is 8.42 Å². The van der Waals surface area contributed by atoms with Crippen molar-refractivity contribution in [2.45, 2.75) is 17.9 Å². The van der Waals surface area contributed by atoms with Gasteiger partial charge in [0, 0.05) is 0 Å². The maximum atomic E-state index is 11.6. The SMILES string of the molecule is COc1ccc(S(=O)(=O)OC(C)C(=O)O)cc1. The van der Waals surface area contributed by atoms with Crippen LogP contribution in [0.15, 0.2) is 29.2 Å². The second-order valence-corrected chi connectivity index (χ2v) is 4.78. The highest BCUT2D eigenvalue weighted by molar-refractivity contribution is 7.86. The Balaban J connectivity index is 2.93. The van der Waals surface area contributed by atoms with Crippen LogP contribution in [0, 0.1) is 0 Å². The molecule has 0 saturated carbocycles. The van der Waals surface area contributed by atoms with E-state index < -0.39 is 22.2 Å². The van der Waals surface area contributed by atoms with E-state index in [0.29, 0.717) is 5.75 Å². The van der Waals surface area contributed by atoms with Gasteiger partial charge < -0.3 is 9.84 Å². The van der Waals surface area contributed by atoms with Crippen molar-refractivity contribution in [3.05, 3.63) is 24.3 Å². The molecule has 6 nitrogen and oxygen atoms in total. The summed E-state index contributed by atoms with van der Waals surface area (Å²) in [6.45, 7) is 1.14. The summed E-state index contributed by atoms with van der Waals surface area (Å²) < 4.78 is 32.6. The quantitative estimate of drug-likeness (QED) is 0.790. The van der Waals surface area contributed by atoms with Gasteiger partial charge in [-0.1, -0.05) is 0 Å². The van der Waals surface area contributed by atoms with Crippen molar-refractivity contribution in [1.82, 2.24) is 0 Å². The van der Waals surface area contributed by atoms with E-state index in [4.69, 9.17) is 9.84 Å². The number of rotatable bonds is 5. The molecule has 0 aliphatic rings. The average molecular weight is 260 g/mol. The molecule has 0 aliphatic carbocycles. The summed E-state index contributed by atoms with van der Waals surface area (Å²) in [5.74, 6) is -0.850. The Morgan fingerprint density at radius 1 is 1.29 bits per heavy atom. The van der Waals surface area contributed by atoms with Gasteiger partial charge in [0.15, 0.2) is 6.10 Å². The highest BCUT2D eigenvalue weighted by atomic mass is 32.2. The summed E-state index contributed by atoms with van der Waals surface area (Å²) in [5.41, 5.74) is 0. The lowest BCUT2D eigenvalue weighted by atomic mass is 10.3. The molecule has 1 aromatic carbocycles. The van der Waals surface area contributed by atoms with E-state index in [1.165, 1.54) is 31.4 Å². The summed E-state index contributed by atoms with van der Waals surface area (Å²) in [5, 5.41) is 8.56. The third kappa shape index (κ3) is 3.43. The van der Waals surface area contributed by atoms with E-state index >= 15 is 0 Å². The normalized spacial score (nSPS) is 13.1. The minimum atomic E-state index is -4.07. The summed E-state index contributed by atoms with van der Waals surface area (Å²) in [6.07, 6.45) is -1.43. The largest absolute Gasteiger partial charge is 0.497 e. The van der Waals surface area contributed by atoms with Crippen molar-refractivity contribution in [3.8, 4) is 5.75 Å². The first-order chi connectivity index (χ1) is 7.86. The molecule has 1 atom stereocenters. The highest BCUT2D eigenvalue weighted by Gasteiger charge is 2.23. The van der Waals surface area contributed by atoms with Crippen molar-refractivity contribution in [1.29, 1.82) is 0 Å². The van der Waals surface area contributed by atoms with E-state index in [9.17, 15) is 13.2 Å². The van der Waals surface area contributed by atoms with E-state index in [-0.39, 0.29) is 4.90 Å². The Labute approximate surface area is 98.9 Å². The van der Waals surface area contributed by atoms with Crippen molar-refractivity contribution < 1.29 is 27.2 Å². The monoisotopic (exact) mass is 260 g/mol. The smallest absolute Gasteiger partial charge is 0.334 e. The second kappa shape index (κ2) is 5.15. The molecule has 94 valence electrons. The highest BCUT2D eigenvalue weighted by Crippen LogP contribution is 2.18. The second-order valence-electron chi connectivity index (χ2n) is 3.21. The summed E-state index contributed by atoms with van der Waals surface area (Å²) in [6, 6.07) is 5.45. The number of carbonyl (C=O) groups is 1. The molecular weight excluding hydrogens is 248 g/mol. The predicted octanol–water partition coefficient (Wildman–Crippen LogP) is 0.874. The Morgan fingerprint density at radius 3 is 2.24 bits per heavy atom. The molecule has 1 rings (SSSR count).